The van der Waals surface area contributed by atoms with E-state index in [1.165, 1.54) is 0 Å². The smallest absolute Gasteiger partial charge is 0.243 e. The Bertz CT molecular complexity index is 1140. The van der Waals surface area contributed by atoms with Crippen LogP contribution >= 0.6 is 0 Å². The third-order valence-electron chi connectivity index (χ3n) is 8.81. The lowest BCUT2D eigenvalue weighted by Crippen LogP contribution is -2.56. The van der Waals surface area contributed by atoms with E-state index in [4.69, 9.17) is 11.5 Å². The maximum atomic E-state index is 13.5. The van der Waals surface area contributed by atoms with Crippen molar-refractivity contribution in [2.45, 2.75) is 149 Å². The molecule has 0 aromatic rings. The van der Waals surface area contributed by atoms with E-state index in [1.54, 1.807) is 0 Å². The standard InChI is InChI=1S/C36H66N8O6/c1-8-27(43-33(25-11-10-12-25)24(7)40-34(48)28(39-9-2)14-13-22(3)4)31(46)20-32(47)42-30(19-23(5)6)36(50)44-29(16-18-38)35(49)41-26(21-45)15-17-37/h21-24,26-30,39,43H,8-20,37-38H2,1-7H3,(H,40,48)(H,41,49)(H,42,47)(H,44,50)/t24?,26?,27-,28+,29+,30?/m1/s1. The summed E-state index contributed by atoms with van der Waals surface area (Å²) < 4.78 is 0. The van der Waals surface area contributed by atoms with Crippen LogP contribution in [0.5, 0.6) is 0 Å². The van der Waals surface area contributed by atoms with Gasteiger partial charge in [0.1, 0.15) is 18.4 Å². The van der Waals surface area contributed by atoms with Gasteiger partial charge in [-0.2, -0.15) is 0 Å². The summed E-state index contributed by atoms with van der Waals surface area (Å²) in [6.07, 6.45) is 5.57. The van der Waals surface area contributed by atoms with Crippen molar-refractivity contribution in [2.75, 3.05) is 19.6 Å². The number of hydrogen-bond acceptors (Lipinski definition) is 10. The molecule has 10 N–H and O–H groups in total. The van der Waals surface area contributed by atoms with Crippen molar-refractivity contribution in [2.24, 2.45) is 23.3 Å². The number of hydrogen-bond donors (Lipinski definition) is 8. The fourth-order valence-corrected chi connectivity index (χ4v) is 5.79. The van der Waals surface area contributed by atoms with Crippen molar-refractivity contribution in [3.8, 4) is 0 Å². The second-order valence-electron chi connectivity index (χ2n) is 14.1. The number of ketones is 1. The van der Waals surface area contributed by atoms with Crippen LogP contribution in [-0.2, 0) is 28.8 Å². The zero-order valence-electron chi connectivity index (χ0n) is 31.5. The average Bonchev–Trinajstić information content (AvgIpc) is 3.02. The van der Waals surface area contributed by atoms with Crippen LogP contribution in [0.15, 0.2) is 11.3 Å². The first-order valence-electron chi connectivity index (χ1n) is 18.5. The summed E-state index contributed by atoms with van der Waals surface area (Å²) in [5.74, 6) is -1.73. The van der Waals surface area contributed by atoms with Gasteiger partial charge in [0.15, 0.2) is 5.78 Å². The minimum absolute atomic E-state index is 0.00319. The number of amides is 4. The molecule has 1 rings (SSSR count). The highest BCUT2D eigenvalue weighted by Gasteiger charge is 2.31. The second-order valence-corrected chi connectivity index (χ2v) is 14.1. The molecule has 0 radical (unpaired) electrons. The molecule has 50 heavy (non-hydrogen) atoms. The predicted molar refractivity (Wildman–Crippen MR) is 196 cm³/mol. The third kappa shape index (κ3) is 16.1. The summed E-state index contributed by atoms with van der Waals surface area (Å²) in [6, 6.07) is -4.19. The molecule has 1 saturated carbocycles. The van der Waals surface area contributed by atoms with Gasteiger partial charge < -0.3 is 48.2 Å². The topological polar surface area (TPSA) is 227 Å². The Labute approximate surface area is 299 Å². The van der Waals surface area contributed by atoms with Gasteiger partial charge in [-0.3, -0.25) is 24.0 Å². The normalized spacial score (nSPS) is 16.3. The summed E-state index contributed by atoms with van der Waals surface area (Å²) in [6.45, 7) is 14.7. The summed E-state index contributed by atoms with van der Waals surface area (Å²) >= 11 is 0. The summed E-state index contributed by atoms with van der Waals surface area (Å²) in [7, 11) is 0. The van der Waals surface area contributed by atoms with E-state index in [-0.39, 0.29) is 62.0 Å². The Hall–Kier alpha value is -3.36. The molecule has 6 atom stereocenters. The van der Waals surface area contributed by atoms with Crippen molar-refractivity contribution >= 4 is 35.7 Å². The molecular weight excluding hydrogens is 640 g/mol. The van der Waals surface area contributed by atoms with E-state index >= 15 is 0 Å². The first kappa shape index (κ1) is 44.7. The maximum Gasteiger partial charge on any atom is 0.243 e. The van der Waals surface area contributed by atoms with E-state index in [0.29, 0.717) is 25.2 Å². The Morgan fingerprint density at radius 2 is 1.32 bits per heavy atom. The van der Waals surface area contributed by atoms with Crippen LogP contribution in [0, 0.1) is 11.8 Å². The van der Waals surface area contributed by atoms with Gasteiger partial charge in [0.2, 0.25) is 23.6 Å². The fourth-order valence-electron chi connectivity index (χ4n) is 5.79. The number of Topliss-reactive ketones (excluding diaryl/α,β-unsaturated/α-hetero) is 1. The van der Waals surface area contributed by atoms with Crippen LogP contribution in [0.4, 0.5) is 0 Å². The molecule has 1 aliphatic rings. The molecule has 0 aliphatic heterocycles. The van der Waals surface area contributed by atoms with E-state index in [0.717, 1.165) is 43.4 Å². The first-order chi connectivity index (χ1) is 23.7. The van der Waals surface area contributed by atoms with Gasteiger partial charge >= 0.3 is 0 Å². The van der Waals surface area contributed by atoms with Crippen molar-refractivity contribution < 1.29 is 28.8 Å². The molecule has 14 heteroatoms. The average molecular weight is 707 g/mol. The van der Waals surface area contributed by atoms with Gasteiger partial charge in [-0.25, -0.2) is 0 Å². The lowest BCUT2D eigenvalue weighted by Gasteiger charge is -2.31. The summed E-state index contributed by atoms with van der Waals surface area (Å²) in [5.41, 5.74) is 13.2. The molecule has 4 amide bonds. The zero-order valence-corrected chi connectivity index (χ0v) is 31.5. The van der Waals surface area contributed by atoms with Gasteiger partial charge in [0, 0.05) is 5.70 Å². The van der Waals surface area contributed by atoms with Gasteiger partial charge in [-0.1, -0.05) is 41.5 Å². The van der Waals surface area contributed by atoms with Crippen molar-refractivity contribution in [1.82, 2.24) is 31.9 Å². The SMILES string of the molecule is CCN[C@@H](CCC(C)C)C(=O)NC(C)C(N[C@H](CC)C(=O)CC(=O)NC(CC(C)C)C(=O)N[C@@H](CCN)C(=O)NC(C=O)CCN)=C1CCC1. The Morgan fingerprint density at radius 1 is 0.700 bits per heavy atom. The Balaban J connectivity index is 3.00. The van der Waals surface area contributed by atoms with Crippen LogP contribution < -0.4 is 43.4 Å². The van der Waals surface area contributed by atoms with E-state index in [2.05, 4.69) is 45.7 Å². The Kier molecular flexibility index (Phi) is 21.4. The molecule has 0 aromatic carbocycles. The number of allylic oxidation sites excluding steroid dienone is 1. The van der Waals surface area contributed by atoms with Gasteiger partial charge in [-0.15, -0.1) is 0 Å². The molecule has 1 fully saturated rings. The van der Waals surface area contributed by atoms with E-state index in [9.17, 15) is 28.8 Å². The quantitative estimate of drug-likeness (QED) is 0.0472. The Morgan fingerprint density at radius 3 is 1.82 bits per heavy atom. The lowest BCUT2D eigenvalue weighted by atomic mass is 9.88. The summed E-state index contributed by atoms with van der Waals surface area (Å²) in [5, 5.41) is 17.7. The number of nitrogens with one attached hydrogen (secondary N) is 6. The van der Waals surface area contributed by atoms with Crippen LogP contribution in [0.1, 0.15) is 113 Å². The number of likely N-dealkylation sites (N-methyl/N-ethyl adjacent to an activating group) is 1. The van der Waals surface area contributed by atoms with Crippen LogP contribution in [0.3, 0.4) is 0 Å². The van der Waals surface area contributed by atoms with Crippen LogP contribution in [0.2, 0.25) is 0 Å². The molecular formula is C36H66N8O6. The van der Waals surface area contributed by atoms with E-state index < -0.39 is 48.3 Å². The molecule has 0 aromatic heterocycles. The van der Waals surface area contributed by atoms with Gasteiger partial charge in [-0.05, 0) is 102 Å². The molecule has 0 saturated heterocycles. The number of nitrogens with two attached hydrogens (primary N) is 2. The number of carbonyl (C=O) groups excluding carboxylic acids is 6. The minimum Gasteiger partial charge on any atom is -0.377 e. The lowest BCUT2D eigenvalue weighted by molar-refractivity contribution is -0.134. The van der Waals surface area contributed by atoms with Crippen LogP contribution in [-0.4, -0.2) is 91.6 Å². The highest BCUT2D eigenvalue weighted by molar-refractivity contribution is 6.02. The number of carbonyl (C=O) groups is 6. The number of rotatable bonds is 26. The van der Waals surface area contributed by atoms with Crippen molar-refractivity contribution in [1.29, 1.82) is 0 Å². The monoisotopic (exact) mass is 707 g/mol. The second kappa shape index (κ2) is 23.9. The molecule has 0 spiro atoms. The number of aldehydes is 1. The maximum absolute atomic E-state index is 13.5. The highest BCUT2D eigenvalue weighted by atomic mass is 16.2. The predicted octanol–water partition coefficient (Wildman–Crippen LogP) is 1.07. The molecule has 14 nitrogen and oxygen atoms in total. The summed E-state index contributed by atoms with van der Waals surface area (Å²) in [4.78, 5) is 77.5. The van der Waals surface area contributed by atoms with Crippen molar-refractivity contribution in [3.63, 3.8) is 0 Å². The highest BCUT2D eigenvalue weighted by Crippen LogP contribution is 2.29. The molecule has 1 aliphatic carbocycles. The van der Waals surface area contributed by atoms with Gasteiger partial charge in [0.25, 0.3) is 0 Å². The van der Waals surface area contributed by atoms with E-state index in [1.807, 2.05) is 34.6 Å². The van der Waals surface area contributed by atoms with Crippen molar-refractivity contribution in [3.05, 3.63) is 11.3 Å². The molecule has 286 valence electrons. The minimum atomic E-state index is -1.03. The molecule has 3 unspecified atom stereocenters. The van der Waals surface area contributed by atoms with Gasteiger partial charge in [0.05, 0.1) is 30.6 Å². The zero-order chi connectivity index (χ0) is 37.8. The third-order valence-corrected chi connectivity index (χ3v) is 8.81. The molecule has 0 heterocycles. The van der Waals surface area contributed by atoms with Crippen LogP contribution in [0.25, 0.3) is 0 Å². The largest absolute Gasteiger partial charge is 0.377 e. The molecule has 0 bridgehead atoms. The first-order valence-corrected chi connectivity index (χ1v) is 18.5. The fraction of sp³-hybridized carbons (Fsp3) is 0.778.